The van der Waals surface area contributed by atoms with E-state index in [9.17, 15) is 0 Å². The molecule has 0 aliphatic rings. The number of nitrogens with one attached hydrogen (secondary N) is 2. The second-order valence-corrected chi connectivity index (χ2v) is 5.79. The zero-order valence-electron chi connectivity index (χ0n) is 11.8. The Hall–Kier alpha value is -1.62. The Morgan fingerprint density at radius 3 is 2.58 bits per heavy atom. The quantitative estimate of drug-likeness (QED) is 0.875. The first-order valence-electron chi connectivity index (χ1n) is 6.50. The number of thiophene rings is 1. The molecule has 0 fully saturated rings. The maximum atomic E-state index is 4.37. The average molecular weight is 276 g/mol. The molecule has 0 saturated heterocycles. The van der Waals surface area contributed by atoms with Crippen molar-refractivity contribution in [2.24, 2.45) is 0 Å². The van der Waals surface area contributed by atoms with Crippen molar-refractivity contribution >= 4 is 23.0 Å². The van der Waals surface area contributed by atoms with Crippen LogP contribution in [-0.4, -0.2) is 17.0 Å². The molecule has 0 aliphatic heterocycles. The van der Waals surface area contributed by atoms with Gasteiger partial charge in [0.05, 0.1) is 6.04 Å². The fraction of sp³-hybridized carbons (Fsp3) is 0.429. The lowest BCUT2D eigenvalue weighted by atomic mass is 10.2. The molecule has 0 bridgehead atoms. The van der Waals surface area contributed by atoms with Crippen LogP contribution in [0.15, 0.2) is 18.5 Å². The van der Waals surface area contributed by atoms with Crippen molar-refractivity contribution in [2.75, 3.05) is 17.7 Å². The highest BCUT2D eigenvalue weighted by atomic mass is 32.1. The fourth-order valence-corrected chi connectivity index (χ4v) is 2.93. The Balaban J connectivity index is 2.23. The monoisotopic (exact) mass is 276 g/mol. The van der Waals surface area contributed by atoms with Crippen LogP contribution in [0.4, 0.5) is 11.6 Å². The van der Waals surface area contributed by atoms with Crippen molar-refractivity contribution < 1.29 is 0 Å². The van der Waals surface area contributed by atoms with E-state index in [2.05, 4.69) is 53.5 Å². The van der Waals surface area contributed by atoms with Crippen LogP contribution in [0.2, 0.25) is 0 Å². The number of hydrogen-bond acceptors (Lipinski definition) is 5. The SMILES string of the molecule is CCc1c(NC)ncnc1NC(C)c1ccc(C)s1. The van der Waals surface area contributed by atoms with E-state index in [4.69, 9.17) is 0 Å². The zero-order chi connectivity index (χ0) is 13.8. The number of anilines is 2. The van der Waals surface area contributed by atoms with Gasteiger partial charge < -0.3 is 10.6 Å². The van der Waals surface area contributed by atoms with E-state index < -0.39 is 0 Å². The normalized spacial score (nSPS) is 12.2. The number of nitrogens with zero attached hydrogens (tertiary/aromatic N) is 2. The number of hydrogen-bond donors (Lipinski definition) is 2. The van der Waals surface area contributed by atoms with Crippen LogP contribution in [0.3, 0.4) is 0 Å². The molecule has 0 spiro atoms. The maximum Gasteiger partial charge on any atom is 0.135 e. The van der Waals surface area contributed by atoms with Crippen molar-refractivity contribution in [1.82, 2.24) is 9.97 Å². The summed E-state index contributed by atoms with van der Waals surface area (Å²) in [5.41, 5.74) is 1.13. The van der Waals surface area contributed by atoms with Gasteiger partial charge in [-0.3, -0.25) is 0 Å². The summed E-state index contributed by atoms with van der Waals surface area (Å²) in [7, 11) is 1.89. The molecular formula is C14H20N4S. The molecule has 2 N–H and O–H groups in total. The molecule has 102 valence electrons. The summed E-state index contributed by atoms with van der Waals surface area (Å²) in [4.78, 5) is 11.3. The summed E-state index contributed by atoms with van der Waals surface area (Å²) in [6, 6.07) is 4.57. The van der Waals surface area contributed by atoms with Gasteiger partial charge in [-0.15, -0.1) is 11.3 Å². The largest absolute Gasteiger partial charge is 0.373 e. The highest BCUT2D eigenvalue weighted by molar-refractivity contribution is 7.12. The Morgan fingerprint density at radius 1 is 1.26 bits per heavy atom. The van der Waals surface area contributed by atoms with E-state index in [1.165, 1.54) is 9.75 Å². The number of aromatic nitrogens is 2. The molecule has 0 amide bonds. The smallest absolute Gasteiger partial charge is 0.135 e. The molecule has 0 radical (unpaired) electrons. The lowest BCUT2D eigenvalue weighted by Gasteiger charge is -2.17. The van der Waals surface area contributed by atoms with Crippen molar-refractivity contribution in [3.63, 3.8) is 0 Å². The first-order valence-corrected chi connectivity index (χ1v) is 7.31. The second kappa shape index (κ2) is 6.02. The Bertz CT molecular complexity index is 550. The third-order valence-electron chi connectivity index (χ3n) is 3.08. The van der Waals surface area contributed by atoms with Gasteiger partial charge >= 0.3 is 0 Å². The van der Waals surface area contributed by atoms with Gasteiger partial charge in [0.25, 0.3) is 0 Å². The molecule has 1 unspecified atom stereocenters. The van der Waals surface area contributed by atoms with Crippen LogP contribution < -0.4 is 10.6 Å². The third kappa shape index (κ3) is 3.04. The van der Waals surface area contributed by atoms with Crippen LogP contribution in [0.25, 0.3) is 0 Å². The van der Waals surface area contributed by atoms with Gasteiger partial charge in [0.1, 0.15) is 18.0 Å². The molecule has 5 heteroatoms. The molecule has 0 aliphatic carbocycles. The Morgan fingerprint density at radius 2 is 2.00 bits per heavy atom. The topological polar surface area (TPSA) is 49.8 Å². The molecule has 1 atom stereocenters. The average Bonchev–Trinajstić information content (AvgIpc) is 2.85. The van der Waals surface area contributed by atoms with Crippen LogP contribution in [-0.2, 0) is 6.42 Å². The molecule has 2 aromatic rings. The van der Waals surface area contributed by atoms with Crippen LogP contribution in [0.1, 0.15) is 35.2 Å². The van der Waals surface area contributed by atoms with Gasteiger partial charge in [-0.05, 0) is 32.4 Å². The summed E-state index contributed by atoms with van der Waals surface area (Å²) in [5.74, 6) is 1.81. The highest BCUT2D eigenvalue weighted by Gasteiger charge is 2.13. The zero-order valence-corrected chi connectivity index (χ0v) is 12.6. The molecule has 2 heterocycles. The summed E-state index contributed by atoms with van der Waals surface area (Å²) < 4.78 is 0. The van der Waals surface area contributed by atoms with E-state index in [1.807, 2.05) is 18.4 Å². The lowest BCUT2D eigenvalue weighted by molar-refractivity contribution is 0.882. The third-order valence-corrected chi connectivity index (χ3v) is 4.26. The first-order chi connectivity index (χ1) is 9.15. The molecular weight excluding hydrogens is 256 g/mol. The van der Waals surface area contributed by atoms with Crippen molar-refractivity contribution in [3.05, 3.63) is 33.8 Å². The number of aryl methyl sites for hydroxylation is 1. The summed E-state index contributed by atoms with van der Waals surface area (Å²) in [5, 5.41) is 6.60. The van der Waals surface area contributed by atoms with Gasteiger partial charge in [0.2, 0.25) is 0 Å². The van der Waals surface area contributed by atoms with Gasteiger partial charge in [-0.25, -0.2) is 9.97 Å². The Labute approximate surface area is 118 Å². The second-order valence-electron chi connectivity index (χ2n) is 4.47. The standard InChI is InChI=1S/C14H20N4S/c1-5-11-13(15-4)16-8-17-14(11)18-10(3)12-7-6-9(2)19-12/h6-8,10H,5H2,1-4H3,(H2,15,16,17,18). The van der Waals surface area contributed by atoms with Gasteiger partial charge in [-0.1, -0.05) is 6.92 Å². The fourth-order valence-electron chi connectivity index (χ4n) is 2.05. The molecule has 2 aromatic heterocycles. The Kier molecular flexibility index (Phi) is 4.37. The molecule has 0 aromatic carbocycles. The minimum Gasteiger partial charge on any atom is -0.373 e. The van der Waals surface area contributed by atoms with E-state index in [0.717, 1.165) is 23.6 Å². The van der Waals surface area contributed by atoms with Crippen LogP contribution in [0, 0.1) is 6.92 Å². The molecule has 0 saturated carbocycles. The predicted octanol–water partition coefficient (Wildman–Crippen LogP) is 3.62. The first kappa shape index (κ1) is 13.8. The molecule has 4 nitrogen and oxygen atoms in total. The predicted molar refractivity (Wildman–Crippen MR) is 82.1 cm³/mol. The van der Waals surface area contributed by atoms with Crippen molar-refractivity contribution in [3.8, 4) is 0 Å². The van der Waals surface area contributed by atoms with Crippen molar-refractivity contribution in [2.45, 2.75) is 33.2 Å². The molecule has 19 heavy (non-hydrogen) atoms. The number of rotatable bonds is 5. The summed E-state index contributed by atoms with van der Waals surface area (Å²) in [6.45, 7) is 6.40. The summed E-state index contributed by atoms with van der Waals surface area (Å²) >= 11 is 1.82. The highest BCUT2D eigenvalue weighted by Crippen LogP contribution is 2.28. The van der Waals surface area contributed by atoms with E-state index in [-0.39, 0.29) is 6.04 Å². The van der Waals surface area contributed by atoms with E-state index in [1.54, 1.807) is 6.33 Å². The van der Waals surface area contributed by atoms with E-state index >= 15 is 0 Å². The summed E-state index contributed by atoms with van der Waals surface area (Å²) in [6.07, 6.45) is 2.50. The van der Waals surface area contributed by atoms with E-state index in [0.29, 0.717) is 0 Å². The maximum absolute atomic E-state index is 4.37. The van der Waals surface area contributed by atoms with Crippen LogP contribution in [0.5, 0.6) is 0 Å². The van der Waals surface area contributed by atoms with Gasteiger partial charge in [-0.2, -0.15) is 0 Å². The minimum atomic E-state index is 0.253. The van der Waals surface area contributed by atoms with Gasteiger partial charge in [0.15, 0.2) is 0 Å². The minimum absolute atomic E-state index is 0.253. The van der Waals surface area contributed by atoms with Gasteiger partial charge in [0, 0.05) is 22.4 Å². The van der Waals surface area contributed by atoms with Crippen LogP contribution >= 0.6 is 11.3 Å². The van der Waals surface area contributed by atoms with Crippen molar-refractivity contribution in [1.29, 1.82) is 0 Å². The lowest BCUT2D eigenvalue weighted by Crippen LogP contribution is -2.11. The molecule has 2 rings (SSSR count).